The van der Waals surface area contributed by atoms with Gasteiger partial charge in [-0.3, -0.25) is 14.6 Å². The molecule has 35 heavy (non-hydrogen) atoms. The topological polar surface area (TPSA) is 127 Å². The monoisotopic (exact) mass is 471 g/mol. The standard InChI is InChI=1S/C27H29N5O3/c1-2-9-32(35-17-18-3-7-24(28)8-4-18)27(34)22-11-21-6-5-20(12-25(21)31-26(29)13-22)23-10-19(16-33)14-30-15-23/h3-8,10-12,14-15,33H,2,9,13,16-17,28H2,1H3,(H2,29,31). The highest BCUT2D eigenvalue weighted by molar-refractivity contribution is 6.05. The van der Waals surface area contributed by atoms with E-state index >= 15 is 0 Å². The Morgan fingerprint density at radius 2 is 1.86 bits per heavy atom. The van der Waals surface area contributed by atoms with Crippen molar-refractivity contribution in [1.29, 1.82) is 0 Å². The Bertz CT molecular complexity index is 1270. The van der Waals surface area contributed by atoms with Gasteiger partial charge in [-0.05, 0) is 53.5 Å². The second-order valence-electron chi connectivity index (χ2n) is 8.39. The molecule has 2 heterocycles. The minimum Gasteiger partial charge on any atom is -0.399 e. The van der Waals surface area contributed by atoms with Crippen LogP contribution in [0.3, 0.4) is 0 Å². The third-order valence-corrected chi connectivity index (χ3v) is 5.60. The summed E-state index contributed by atoms with van der Waals surface area (Å²) in [6.07, 6.45) is 6.14. The third-order valence-electron chi connectivity index (χ3n) is 5.60. The van der Waals surface area contributed by atoms with Gasteiger partial charge in [-0.15, -0.1) is 0 Å². The number of benzene rings is 2. The fraction of sp³-hybridized carbons (Fsp3) is 0.222. The van der Waals surface area contributed by atoms with Crippen LogP contribution in [0, 0.1) is 0 Å². The molecule has 8 nitrogen and oxygen atoms in total. The normalized spacial score (nSPS) is 12.9. The maximum absolute atomic E-state index is 13.4. The summed E-state index contributed by atoms with van der Waals surface area (Å²) in [7, 11) is 0. The number of hydrogen-bond donors (Lipinski definition) is 3. The second-order valence-corrected chi connectivity index (χ2v) is 8.39. The average molecular weight is 472 g/mol. The number of hydrogen-bond acceptors (Lipinski definition) is 7. The van der Waals surface area contributed by atoms with Gasteiger partial charge < -0.3 is 16.6 Å². The summed E-state index contributed by atoms with van der Waals surface area (Å²) in [6.45, 7) is 2.60. The van der Waals surface area contributed by atoms with Gasteiger partial charge in [0.25, 0.3) is 5.91 Å². The third kappa shape index (κ3) is 5.92. The number of nitrogens with zero attached hydrogens (tertiary/aromatic N) is 3. The minimum absolute atomic E-state index is 0.0836. The molecule has 4 rings (SSSR count). The van der Waals surface area contributed by atoms with Crippen LogP contribution in [0.15, 0.2) is 71.5 Å². The highest BCUT2D eigenvalue weighted by atomic mass is 16.7. The van der Waals surface area contributed by atoms with E-state index < -0.39 is 0 Å². The van der Waals surface area contributed by atoms with Crippen LogP contribution in [-0.2, 0) is 22.8 Å². The van der Waals surface area contributed by atoms with Crippen molar-refractivity contribution in [3.63, 3.8) is 0 Å². The van der Waals surface area contributed by atoms with Gasteiger partial charge in [0.05, 0.1) is 12.3 Å². The Balaban J connectivity index is 1.58. The van der Waals surface area contributed by atoms with Crippen molar-refractivity contribution in [3.8, 4) is 11.1 Å². The highest BCUT2D eigenvalue weighted by Crippen LogP contribution is 2.32. The van der Waals surface area contributed by atoms with Crippen LogP contribution in [0.25, 0.3) is 17.2 Å². The zero-order valence-corrected chi connectivity index (χ0v) is 19.6. The van der Waals surface area contributed by atoms with E-state index in [0.717, 1.165) is 34.2 Å². The van der Waals surface area contributed by atoms with Crippen LogP contribution < -0.4 is 11.5 Å². The van der Waals surface area contributed by atoms with Crippen molar-refractivity contribution in [1.82, 2.24) is 10.0 Å². The summed E-state index contributed by atoms with van der Waals surface area (Å²) in [5, 5.41) is 10.8. The second kappa shape index (κ2) is 10.9. The summed E-state index contributed by atoms with van der Waals surface area (Å²) >= 11 is 0. The summed E-state index contributed by atoms with van der Waals surface area (Å²) in [5.74, 6) is 0.106. The van der Waals surface area contributed by atoms with E-state index in [1.54, 1.807) is 24.5 Å². The quantitative estimate of drug-likeness (QED) is 0.337. The molecule has 0 bridgehead atoms. The Morgan fingerprint density at radius 3 is 2.60 bits per heavy atom. The fourth-order valence-electron chi connectivity index (χ4n) is 3.79. The van der Waals surface area contributed by atoms with Crippen LogP contribution in [0.5, 0.6) is 0 Å². The lowest BCUT2D eigenvalue weighted by Crippen LogP contribution is -2.34. The number of carbonyl (C=O) groups is 1. The lowest BCUT2D eigenvalue weighted by Gasteiger charge is -2.22. The van der Waals surface area contributed by atoms with E-state index in [2.05, 4.69) is 9.98 Å². The van der Waals surface area contributed by atoms with Gasteiger partial charge in [0.2, 0.25) is 0 Å². The number of nitrogens with two attached hydrogens (primary N) is 2. The van der Waals surface area contributed by atoms with Gasteiger partial charge in [-0.1, -0.05) is 31.2 Å². The number of pyridine rings is 1. The number of fused-ring (bicyclic) bond motifs is 1. The molecule has 180 valence electrons. The predicted octanol–water partition coefficient (Wildman–Crippen LogP) is 3.97. The van der Waals surface area contributed by atoms with Gasteiger partial charge in [-0.25, -0.2) is 10.1 Å². The van der Waals surface area contributed by atoms with Gasteiger partial charge >= 0.3 is 0 Å². The number of amidine groups is 1. The molecule has 8 heteroatoms. The van der Waals surface area contributed by atoms with E-state index in [4.69, 9.17) is 16.3 Å². The van der Waals surface area contributed by atoms with Crippen LogP contribution >= 0.6 is 0 Å². The SMILES string of the molecule is CCCN(OCc1ccc(N)cc1)C(=O)C1=Cc2ccc(-c3cncc(CO)c3)cc2N=C(N)C1. The molecule has 1 aliphatic heterocycles. The van der Waals surface area contributed by atoms with Gasteiger partial charge in [-0.2, -0.15) is 0 Å². The Kier molecular flexibility index (Phi) is 7.54. The van der Waals surface area contributed by atoms with Crippen molar-refractivity contribution >= 4 is 29.2 Å². The highest BCUT2D eigenvalue weighted by Gasteiger charge is 2.22. The molecule has 0 saturated carbocycles. The number of aliphatic imine (C=N–C) groups is 1. The summed E-state index contributed by atoms with van der Waals surface area (Å²) in [5.41, 5.74) is 18.0. The maximum atomic E-state index is 13.4. The molecule has 0 radical (unpaired) electrons. The lowest BCUT2D eigenvalue weighted by atomic mass is 10.0. The molecular weight excluding hydrogens is 442 g/mol. The van der Waals surface area contributed by atoms with E-state index in [1.807, 2.05) is 49.4 Å². The largest absolute Gasteiger partial charge is 0.399 e. The molecule has 2 aromatic carbocycles. The lowest BCUT2D eigenvalue weighted by molar-refractivity contribution is -0.187. The number of aliphatic hydroxyl groups excluding tert-OH is 1. The van der Waals surface area contributed by atoms with Gasteiger partial charge in [0, 0.05) is 47.7 Å². The molecule has 0 spiro atoms. The van der Waals surface area contributed by atoms with Crippen molar-refractivity contribution in [2.24, 2.45) is 10.7 Å². The first kappa shape index (κ1) is 24.1. The first-order valence-electron chi connectivity index (χ1n) is 11.5. The number of rotatable bonds is 8. The van der Waals surface area contributed by atoms with Crippen molar-refractivity contribution in [3.05, 3.63) is 83.2 Å². The Labute approximate surface area is 204 Å². The molecular formula is C27H29N5O3. The molecule has 0 unspecified atom stereocenters. The summed E-state index contributed by atoms with van der Waals surface area (Å²) < 4.78 is 0. The summed E-state index contributed by atoms with van der Waals surface area (Å²) in [6, 6.07) is 15.0. The first-order valence-corrected chi connectivity index (χ1v) is 11.5. The maximum Gasteiger partial charge on any atom is 0.273 e. The van der Waals surface area contributed by atoms with Crippen LogP contribution in [0.4, 0.5) is 11.4 Å². The van der Waals surface area contributed by atoms with Crippen LogP contribution in [0.1, 0.15) is 36.5 Å². The zero-order valence-electron chi connectivity index (χ0n) is 19.6. The van der Waals surface area contributed by atoms with Gasteiger partial charge in [0.15, 0.2) is 0 Å². The van der Waals surface area contributed by atoms with Crippen molar-refractivity contribution in [2.75, 3.05) is 12.3 Å². The first-order chi connectivity index (χ1) is 17.0. The van der Waals surface area contributed by atoms with E-state index in [0.29, 0.717) is 29.3 Å². The number of aromatic nitrogens is 1. The number of aliphatic hydroxyl groups is 1. The molecule has 1 amide bonds. The molecule has 0 fully saturated rings. The molecule has 0 atom stereocenters. The van der Waals surface area contributed by atoms with E-state index in [-0.39, 0.29) is 25.5 Å². The molecule has 5 N–H and O–H groups in total. The average Bonchev–Trinajstić information content (AvgIpc) is 3.04. The Hall–Kier alpha value is -4.01. The predicted molar refractivity (Wildman–Crippen MR) is 137 cm³/mol. The number of carbonyl (C=O) groups excluding carboxylic acids is 1. The number of hydroxylamine groups is 2. The molecule has 1 aliphatic rings. The van der Waals surface area contributed by atoms with Crippen molar-refractivity contribution < 1.29 is 14.7 Å². The zero-order chi connectivity index (χ0) is 24.8. The summed E-state index contributed by atoms with van der Waals surface area (Å²) in [4.78, 5) is 28.0. The number of amides is 1. The van der Waals surface area contributed by atoms with E-state index in [9.17, 15) is 9.90 Å². The van der Waals surface area contributed by atoms with Crippen LogP contribution in [-0.4, -0.2) is 33.4 Å². The van der Waals surface area contributed by atoms with Gasteiger partial charge in [0.1, 0.15) is 12.4 Å². The molecule has 1 aromatic heterocycles. The fourth-order valence-corrected chi connectivity index (χ4v) is 3.79. The smallest absolute Gasteiger partial charge is 0.273 e. The van der Waals surface area contributed by atoms with Crippen molar-refractivity contribution in [2.45, 2.75) is 33.0 Å². The number of anilines is 1. The Morgan fingerprint density at radius 1 is 1.06 bits per heavy atom. The van der Waals surface area contributed by atoms with E-state index in [1.165, 1.54) is 5.06 Å². The number of nitrogen functional groups attached to an aromatic ring is 1. The molecule has 0 saturated heterocycles. The molecule has 3 aromatic rings. The minimum atomic E-state index is -0.239. The van der Waals surface area contributed by atoms with Crippen LogP contribution in [0.2, 0.25) is 0 Å². The molecule has 0 aliphatic carbocycles.